The predicted molar refractivity (Wildman–Crippen MR) is 85.1 cm³/mol. The van der Waals surface area contributed by atoms with E-state index in [9.17, 15) is 0 Å². The fourth-order valence-electron chi connectivity index (χ4n) is 2.28. The van der Waals surface area contributed by atoms with Crippen molar-refractivity contribution in [2.75, 3.05) is 11.9 Å². The molecule has 0 radical (unpaired) electrons. The maximum absolute atomic E-state index is 6.33. The minimum Gasteiger partial charge on any atom is -0.370 e. The number of rotatable bonds is 5. The van der Waals surface area contributed by atoms with Gasteiger partial charge in [-0.15, -0.1) is 0 Å². The molecular formula is C16H20ClN3. The lowest BCUT2D eigenvalue weighted by Crippen LogP contribution is -2.22. The summed E-state index contributed by atoms with van der Waals surface area (Å²) in [5.41, 5.74) is 9.33. The minimum atomic E-state index is 0.0837. The Bertz CT molecular complexity index is 555. The molecule has 0 aliphatic rings. The molecule has 3 nitrogen and oxygen atoms in total. The first-order valence-corrected chi connectivity index (χ1v) is 7.08. The van der Waals surface area contributed by atoms with Crippen LogP contribution >= 0.6 is 11.6 Å². The molecule has 4 heteroatoms. The van der Waals surface area contributed by atoms with Gasteiger partial charge in [-0.25, -0.2) is 0 Å². The Morgan fingerprint density at radius 3 is 2.75 bits per heavy atom. The quantitative estimate of drug-likeness (QED) is 0.919. The molecule has 1 unspecified atom stereocenters. The third-order valence-electron chi connectivity index (χ3n) is 3.17. The second-order valence-electron chi connectivity index (χ2n) is 5.14. The maximum Gasteiger partial charge on any atom is 0.0459 e. The van der Waals surface area contributed by atoms with E-state index in [1.807, 2.05) is 31.3 Å². The number of hydrogen-bond acceptors (Lipinski definition) is 3. The van der Waals surface area contributed by atoms with E-state index >= 15 is 0 Å². The molecule has 2 rings (SSSR count). The highest BCUT2D eigenvalue weighted by Crippen LogP contribution is 2.28. The van der Waals surface area contributed by atoms with Crippen LogP contribution in [-0.4, -0.2) is 18.1 Å². The molecule has 1 aromatic heterocycles. The highest BCUT2D eigenvalue weighted by molar-refractivity contribution is 6.31. The molecule has 2 N–H and O–H groups in total. The molecule has 106 valence electrons. The van der Waals surface area contributed by atoms with Crippen molar-refractivity contribution >= 4 is 17.3 Å². The Balaban J connectivity index is 2.25. The topological polar surface area (TPSA) is 42.1 Å². The number of nitrogens with two attached hydrogens (primary N) is 1. The van der Waals surface area contributed by atoms with Crippen LogP contribution in [0.4, 0.5) is 5.69 Å². The number of halogens is 1. The number of anilines is 1. The molecule has 2 aromatic rings. The van der Waals surface area contributed by atoms with Gasteiger partial charge in [0.15, 0.2) is 0 Å². The van der Waals surface area contributed by atoms with Crippen LogP contribution < -0.4 is 10.6 Å². The Labute approximate surface area is 125 Å². The lowest BCUT2D eigenvalue weighted by Gasteiger charge is -2.24. The average Bonchev–Trinajstić information content (AvgIpc) is 2.41. The lowest BCUT2D eigenvalue weighted by molar-refractivity contribution is 0.734. The highest BCUT2D eigenvalue weighted by atomic mass is 35.5. The lowest BCUT2D eigenvalue weighted by atomic mass is 10.0. The van der Waals surface area contributed by atoms with Crippen molar-refractivity contribution in [3.8, 4) is 0 Å². The third-order valence-corrected chi connectivity index (χ3v) is 3.53. The van der Waals surface area contributed by atoms with Crippen LogP contribution in [0.25, 0.3) is 0 Å². The van der Waals surface area contributed by atoms with Crippen LogP contribution in [0, 0.1) is 0 Å². The van der Waals surface area contributed by atoms with E-state index in [-0.39, 0.29) is 6.04 Å². The first-order valence-electron chi connectivity index (χ1n) is 6.71. The summed E-state index contributed by atoms with van der Waals surface area (Å²) in [6.45, 7) is 2.79. The summed E-state index contributed by atoms with van der Waals surface area (Å²) in [5.74, 6) is 0. The van der Waals surface area contributed by atoms with Crippen molar-refractivity contribution < 1.29 is 0 Å². The number of benzene rings is 1. The van der Waals surface area contributed by atoms with Gasteiger partial charge >= 0.3 is 0 Å². The van der Waals surface area contributed by atoms with E-state index in [2.05, 4.69) is 29.1 Å². The van der Waals surface area contributed by atoms with E-state index < -0.39 is 0 Å². The SMILES string of the molecule is CC(N)Cc1c(Cl)cccc1N(C)Cc1cccnc1. The van der Waals surface area contributed by atoms with Crippen LogP contribution in [0.15, 0.2) is 42.7 Å². The van der Waals surface area contributed by atoms with E-state index in [1.54, 1.807) is 6.20 Å². The molecule has 0 saturated heterocycles. The Hall–Kier alpha value is -1.58. The van der Waals surface area contributed by atoms with Crippen LogP contribution in [0.3, 0.4) is 0 Å². The molecule has 1 atom stereocenters. The predicted octanol–water partition coefficient (Wildman–Crippen LogP) is 3.26. The largest absolute Gasteiger partial charge is 0.370 e. The van der Waals surface area contributed by atoms with Gasteiger partial charge in [-0.2, -0.15) is 0 Å². The Kier molecular flexibility index (Phi) is 4.99. The number of nitrogens with zero attached hydrogens (tertiary/aromatic N) is 2. The Morgan fingerprint density at radius 2 is 2.10 bits per heavy atom. The zero-order chi connectivity index (χ0) is 14.5. The van der Waals surface area contributed by atoms with Crippen LogP contribution in [0.2, 0.25) is 5.02 Å². The van der Waals surface area contributed by atoms with Crippen molar-refractivity contribution in [2.45, 2.75) is 25.9 Å². The fraction of sp³-hybridized carbons (Fsp3) is 0.312. The molecule has 0 aliphatic carbocycles. The van der Waals surface area contributed by atoms with Crippen molar-refractivity contribution in [2.24, 2.45) is 5.73 Å². The maximum atomic E-state index is 6.33. The van der Waals surface area contributed by atoms with Crippen LogP contribution in [0.1, 0.15) is 18.1 Å². The van der Waals surface area contributed by atoms with E-state index in [0.717, 1.165) is 29.2 Å². The third kappa shape index (κ3) is 3.71. The number of pyridine rings is 1. The molecule has 0 aliphatic heterocycles. The van der Waals surface area contributed by atoms with Gasteiger partial charge in [0.2, 0.25) is 0 Å². The van der Waals surface area contributed by atoms with Crippen molar-refractivity contribution in [3.63, 3.8) is 0 Å². The normalized spacial score (nSPS) is 12.2. The zero-order valence-electron chi connectivity index (χ0n) is 11.9. The summed E-state index contributed by atoms with van der Waals surface area (Å²) in [4.78, 5) is 6.33. The van der Waals surface area contributed by atoms with Gasteiger partial charge < -0.3 is 10.6 Å². The summed E-state index contributed by atoms with van der Waals surface area (Å²) in [7, 11) is 2.06. The van der Waals surface area contributed by atoms with Gasteiger partial charge in [-0.05, 0) is 42.7 Å². The monoisotopic (exact) mass is 289 g/mol. The molecule has 0 bridgehead atoms. The van der Waals surface area contributed by atoms with E-state index in [0.29, 0.717) is 0 Å². The average molecular weight is 290 g/mol. The molecule has 20 heavy (non-hydrogen) atoms. The zero-order valence-corrected chi connectivity index (χ0v) is 12.6. The summed E-state index contributed by atoms with van der Waals surface area (Å²) >= 11 is 6.33. The summed E-state index contributed by atoms with van der Waals surface area (Å²) in [6.07, 6.45) is 4.43. The van der Waals surface area contributed by atoms with Crippen LogP contribution in [-0.2, 0) is 13.0 Å². The second-order valence-corrected chi connectivity index (χ2v) is 5.54. The molecule has 0 amide bonds. The molecule has 0 fully saturated rings. The molecule has 1 heterocycles. The van der Waals surface area contributed by atoms with Crippen molar-refractivity contribution in [1.29, 1.82) is 0 Å². The minimum absolute atomic E-state index is 0.0837. The number of hydrogen-bond donors (Lipinski definition) is 1. The first-order chi connectivity index (χ1) is 9.58. The molecule has 0 saturated carbocycles. The molecule has 1 aromatic carbocycles. The molecular weight excluding hydrogens is 270 g/mol. The van der Waals surface area contributed by atoms with E-state index in [4.69, 9.17) is 17.3 Å². The van der Waals surface area contributed by atoms with Gasteiger partial charge in [0.1, 0.15) is 0 Å². The summed E-state index contributed by atoms with van der Waals surface area (Å²) in [6, 6.07) is 10.1. The van der Waals surface area contributed by atoms with E-state index in [1.165, 1.54) is 5.56 Å². The van der Waals surface area contributed by atoms with Gasteiger partial charge in [0.05, 0.1) is 0 Å². The molecule has 0 spiro atoms. The van der Waals surface area contributed by atoms with Crippen LogP contribution in [0.5, 0.6) is 0 Å². The van der Waals surface area contributed by atoms with Crippen molar-refractivity contribution in [1.82, 2.24) is 4.98 Å². The van der Waals surface area contributed by atoms with Gasteiger partial charge in [0, 0.05) is 42.7 Å². The van der Waals surface area contributed by atoms with Crippen molar-refractivity contribution in [3.05, 3.63) is 58.9 Å². The standard InChI is InChI=1S/C16H20ClN3/c1-12(18)9-14-15(17)6-3-7-16(14)20(2)11-13-5-4-8-19-10-13/h3-8,10,12H,9,11,18H2,1-2H3. The summed E-state index contributed by atoms with van der Waals surface area (Å²) < 4.78 is 0. The van der Waals surface area contributed by atoms with Gasteiger partial charge in [-0.3, -0.25) is 4.98 Å². The second kappa shape index (κ2) is 6.73. The van der Waals surface area contributed by atoms with Gasteiger partial charge in [0.25, 0.3) is 0 Å². The smallest absolute Gasteiger partial charge is 0.0459 e. The fourth-order valence-corrected chi connectivity index (χ4v) is 2.53. The first kappa shape index (κ1) is 14.8. The highest BCUT2D eigenvalue weighted by Gasteiger charge is 2.12. The number of aromatic nitrogens is 1. The Morgan fingerprint density at radius 1 is 1.30 bits per heavy atom. The summed E-state index contributed by atoms with van der Waals surface area (Å²) in [5, 5.41) is 0.776. The van der Waals surface area contributed by atoms with Gasteiger partial charge in [-0.1, -0.05) is 23.7 Å².